The molecule has 7 heteroatoms. The number of carbonyl (C=O) groups excluding carboxylic acids is 1. The summed E-state index contributed by atoms with van der Waals surface area (Å²) < 4.78 is 28.1. The maximum atomic E-state index is 12.0. The van der Waals surface area contributed by atoms with Gasteiger partial charge in [0.15, 0.2) is 0 Å². The molecule has 0 heterocycles. The minimum Gasteiger partial charge on any atom is -0.481 e. The summed E-state index contributed by atoms with van der Waals surface area (Å²) in [7, 11) is 1.48. The summed E-state index contributed by atoms with van der Waals surface area (Å²) in [5.41, 5.74) is 0.681. The van der Waals surface area contributed by atoms with Gasteiger partial charge in [0.1, 0.15) is 11.7 Å². The largest absolute Gasteiger partial charge is 0.481 e. The molecule has 0 aliphatic heterocycles. The molecule has 1 atom stereocenters. The van der Waals surface area contributed by atoms with Gasteiger partial charge in [-0.15, -0.1) is 0 Å². The van der Waals surface area contributed by atoms with E-state index in [1.807, 2.05) is 0 Å². The first kappa shape index (κ1) is 15.9. The van der Waals surface area contributed by atoms with Gasteiger partial charge in [-0.05, 0) is 24.6 Å². The quantitative estimate of drug-likeness (QED) is 0.812. The third-order valence-corrected chi connectivity index (χ3v) is 2.69. The number of hydrogen-bond donors (Lipinski definition) is 1. The molecule has 0 aliphatic rings. The lowest BCUT2D eigenvalue weighted by Gasteiger charge is -2.19. The van der Waals surface area contributed by atoms with Crippen molar-refractivity contribution < 1.29 is 28.2 Å². The normalized spacial score (nSPS) is 12.1. The van der Waals surface area contributed by atoms with Crippen LogP contribution in [0.4, 0.5) is 8.78 Å². The predicted octanol–water partition coefficient (Wildman–Crippen LogP) is 1.97. The summed E-state index contributed by atoms with van der Waals surface area (Å²) in [5, 5.41) is 8.75. The molecule has 0 aliphatic carbocycles. The van der Waals surface area contributed by atoms with E-state index in [0.717, 1.165) is 0 Å². The van der Waals surface area contributed by atoms with Gasteiger partial charge in [-0.25, -0.2) is 0 Å². The van der Waals surface area contributed by atoms with E-state index in [4.69, 9.17) is 5.11 Å². The molecule has 1 aromatic rings. The zero-order chi connectivity index (χ0) is 15.3. The molecule has 1 aromatic carbocycles. The van der Waals surface area contributed by atoms with Crippen molar-refractivity contribution in [1.82, 2.24) is 4.90 Å². The summed E-state index contributed by atoms with van der Waals surface area (Å²) in [6.07, 6.45) is 0. The molecule has 0 fully saturated rings. The Balaban J connectivity index is 2.64. The molecule has 0 bridgehead atoms. The molecular formula is C13H15F2NO4. The molecule has 1 rings (SSSR count). The number of aliphatic carboxylic acids is 1. The second-order valence-electron chi connectivity index (χ2n) is 4.28. The molecule has 110 valence electrons. The third-order valence-electron chi connectivity index (χ3n) is 2.69. The zero-order valence-electron chi connectivity index (χ0n) is 11.0. The van der Waals surface area contributed by atoms with Crippen LogP contribution >= 0.6 is 0 Å². The monoisotopic (exact) mass is 287 g/mol. The van der Waals surface area contributed by atoms with Crippen molar-refractivity contribution in [2.24, 2.45) is 5.92 Å². The minimum atomic E-state index is -2.89. The lowest BCUT2D eigenvalue weighted by Crippen LogP contribution is -2.34. The van der Waals surface area contributed by atoms with Crippen molar-refractivity contribution in [3.8, 4) is 5.75 Å². The number of benzene rings is 1. The first-order valence-electron chi connectivity index (χ1n) is 5.82. The van der Waals surface area contributed by atoms with Gasteiger partial charge in [0.25, 0.3) is 0 Å². The SMILES string of the molecule is CC(C(=O)O)C(=O)N(C)Cc1ccc(OC(F)F)cc1. The molecule has 0 saturated heterocycles. The van der Waals surface area contributed by atoms with Crippen LogP contribution in [0.5, 0.6) is 5.75 Å². The third kappa shape index (κ3) is 4.49. The van der Waals surface area contributed by atoms with Crippen LogP contribution in [0, 0.1) is 5.92 Å². The number of amides is 1. The summed E-state index contributed by atoms with van der Waals surface area (Å²) in [6, 6.07) is 5.79. The number of halogens is 2. The molecule has 0 radical (unpaired) electrons. The fourth-order valence-electron chi connectivity index (χ4n) is 1.56. The van der Waals surface area contributed by atoms with Gasteiger partial charge in [-0.3, -0.25) is 9.59 Å². The number of ether oxygens (including phenoxy) is 1. The lowest BCUT2D eigenvalue weighted by molar-refractivity contribution is -0.149. The standard InChI is InChI=1S/C13H15F2NO4/c1-8(12(18)19)11(17)16(2)7-9-3-5-10(6-4-9)20-13(14)15/h3-6,8,13H,7H2,1-2H3,(H,18,19). The van der Waals surface area contributed by atoms with E-state index in [0.29, 0.717) is 5.56 Å². The Morgan fingerprint density at radius 1 is 1.30 bits per heavy atom. The molecule has 5 nitrogen and oxygen atoms in total. The molecular weight excluding hydrogens is 272 g/mol. The number of carboxylic acid groups (broad SMARTS) is 1. The Hall–Kier alpha value is -2.18. The van der Waals surface area contributed by atoms with Crippen molar-refractivity contribution in [3.63, 3.8) is 0 Å². The summed E-state index contributed by atoms with van der Waals surface area (Å²) in [6.45, 7) is -1.40. The van der Waals surface area contributed by atoms with Gasteiger partial charge in [0.05, 0.1) is 0 Å². The van der Waals surface area contributed by atoms with Crippen LogP contribution in [0.1, 0.15) is 12.5 Å². The summed E-state index contributed by atoms with van der Waals surface area (Å²) in [4.78, 5) is 23.7. The second-order valence-corrected chi connectivity index (χ2v) is 4.28. The van der Waals surface area contributed by atoms with Crippen molar-refractivity contribution >= 4 is 11.9 Å². The van der Waals surface area contributed by atoms with Gasteiger partial charge in [-0.2, -0.15) is 8.78 Å². The van der Waals surface area contributed by atoms with Crippen LogP contribution in [0.25, 0.3) is 0 Å². The maximum Gasteiger partial charge on any atom is 0.387 e. The molecule has 0 aromatic heterocycles. The maximum absolute atomic E-state index is 12.0. The molecule has 0 spiro atoms. The van der Waals surface area contributed by atoms with E-state index in [1.165, 1.54) is 43.1 Å². The van der Waals surface area contributed by atoms with E-state index < -0.39 is 24.4 Å². The van der Waals surface area contributed by atoms with Crippen molar-refractivity contribution in [1.29, 1.82) is 0 Å². The van der Waals surface area contributed by atoms with Crippen molar-refractivity contribution in [3.05, 3.63) is 29.8 Å². The van der Waals surface area contributed by atoms with E-state index in [1.54, 1.807) is 0 Å². The number of hydrogen-bond acceptors (Lipinski definition) is 3. The van der Waals surface area contributed by atoms with Gasteiger partial charge in [0.2, 0.25) is 5.91 Å². The molecule has 1 N–H and O–H groups in total. The first-order chi connectivity index (χ1) is 9.31. The van der Waals surface area contributed by atoms with Crippen molar-refractivity contribution in [2.45, 2.75) is 20.1 Å². The summed E-state index contributed by atoms with van der Waals surface area (Å²) >= 11 is 0. The molecule has 0 saturated carbocycles. The molecule has 1 unspecified atom stereocenters. The Morgan fingerprint density at radius 2 is 1.85 bits per heavy atom. The Morgan fingerprint density at radius 3 is 2.30 bits per heavy atom. The fraction of sp³-hybridized carbons (Fsp3) is 0.385. The van der Waals surface area contributed by atoms with Gasteiger partial charge in [-0.1, -0.05) is 12.1 Å². The van der Waals surface area contributed by atoms with E-state index in [-0.39, 0.29) is 12.3 Å². The summed E-state index contributed by atoms with van der Waals surface area (Å²) in [5.74, 6) is -2.81. The van der Waals surface area contributed by atoms with Crippen LogP contribution in [0.3, 0.4) is 0 Å². The van der Waals surface area contributed by atoms with Gasteiger partial charge in [0, 0.05) is 13.6 Å². The average Bonchev–Trinajstić information content (AvgIpc) is 2.38. The van der Waals surface area contributed by atoms with Crippen molar-refractivity contribution in [2.75, 3.05) is 7.05 Å². The van der Waals surface area contributed by atoms with Gasteiger partial charge >= 0.3 is 12.6 Å². The van der Waals surface area contributed by atoms with E-state index in [2.05, 4.69) is 4.74 Å². The number of carboxylic acids is 1. The predicted molar refractivity (Wildman–Crippen MR) is 66.3 cm³/mol. The Bertz CT molecular complexity index is 476. The lowest BCUT2D eigenvalue weighted by atomic mass is 10.1. The highest BCUT2D eigenvalue weighted by Crippen LogP contribution is 2.16. The first-order valence-corrected chi connectivity index (χ1v) is 5.82. The van der Waals surface area contributed by atoms with Crippen LogP contribution in [0.2, 0.25) is 0 Å². The topological polar surface area (TPSA) is 66.8 Å². The number of alkyl halides is 2. The van der Waals surface area contributed by atoms with Crippen LogP contribution in [-0.4, -0.2) is 35.5 Å². The average molecular weight is 287 g/mol. The smallest absolute Gasteiger partial charge is 0.387 e. The van der Waals surface area contributed by atoms with Crippen LogP contribution < -0.4 is 4.74 Å². The fourth-order valence-corrected chi connectivity index (χ4v) is 1.56. The van der Waals surface area contributed by atoms with E-state index >= 15 is 0 Å². The van der Waals surface area contributed by atoms with Crippen LogP contribution in [-0.2, 0) is 16.1 Å². The second kappa shape index (κ2) is 6.83. The molecule has 20 heavy (non-hydrogen) atoms. The Labute approximate surface area is 114 Å². The minimum absolute atomic E-state index is 0.0247. The highest BCUT2D eigenvalue weighted by atomic mass is 19.3. The highest BCUT2D eigenvalue weighted by molar-refractivity contribution is 5.96. The number of carbonyl (C=O) groups is 2. The highest BCUT2D eigenvalue weighted by Gasteiger charge is 2.23. The zero-order valence-corrected chi connectivity index (χ0v) is 11.0. The van der Waals surface area contributed by atoms with E-state index in [9.17, 15) is 18.4 Å². The Kier molecular flexibility index (Phi) is 5.42. The molecule has 1 amide bonds. The number of rotatable bonds is 6. The van der Waals surface area contributed by atoms with Crippen LogP contribution in [0.15, 0.2) is 24.3 Å². The van der Waals surface area contributed by atoms with Gasteiger partial charge < -0.3 is 14.7 Å². The number of nitrogens with zero attached hydrogens (tertiary/aromatic N) is 1.